The summed E-state index contributed by atoms with van der Waals surface area (Å²) in [5, 5.41) is 8.29. The molecule has 19 heavy (non-hydrogen) atoms. The van der Waals surface area contributed by atoms with Gasteiger partial charge in [0.25, 0.3) is 6.33 Å². The minimum absolute atomic E-state index is 0.0610. The molecule has 10 heteroatoms. The van der Waals surface area contributed by atoms with Crippen LogP contribution in [0.3, 0.4) is 0 Å². The number of hydrogen-bond donors (Lipinski definition) is 0. The van der Waals surface area contributed by atoms with Crippen LogP contribution in [0, 0.1) is 10.2 Å². The van der Waals surface area contributed by atoms with Crippen molar-refractivity contribution in [1.82, 2.24) is 15.1 Å². The van der Waals surface area contributed by atoms with Crippen molar-refractivity contribution in [2.75, 3.05) is 0 Å². The second-order valence-electron chi connectivity index (χ2n) is 4.76. The largest absolute Gasteiger partial charge is 0.300 e. The number of rotatable bonds is 3. The van der Waals surface area contributed by atoms with Crippen molar-refractivity contribution in [3.8, 4) is 0 Å². The third kappa shape index (κ3) is 10.5. The van der Waals surface area contributed by atoms with E-state index in [2.05, 4.69) is 31.1 Å². The summed E-state index contributed by atoms with van der Waals surface area (Å²) in [6, 6.07) is 0. The molecule has 110 valence electrons. The molecule has 0 fully saturated rings. The van der Waals surface area contributed by atoms with Crippen LogP contribution in [0.2, 0.25) is 0 Å². The summed E-state index contributed by atoms with van der Waals surface area (Å²) in [4.78, 5) is 12.3. The highest BCUT2D eigenvalue weighted by Crippen LogP contribution is 2.00. The minimum Gasteiger partial charge on any atom is -0.300 e. The van der Waals surface area contributed by atoms with Gasteiger partial charge in [-0.1, -0.05) is 0 Å². The molecular formula is C9H17ClN4O5. The molecule has 1 rings (SSSR count). The third-order valence-corrected chi connectivity index (χ3v) is 1.85. The van der Waals surface area contributed by atoms with Gasteiger partial charge in [0.05, 0.1) is 10.3 Å². The smallest absolute Gasteiger partial charge is 0.286 e. The zero-order valence-electron chi connectivity index (χ0n) is 11.2. The number of aromatic nitrogens is 4. The molecule has 9 nitrogen and oxygen atoms in total. The van der Waals surface area contributed by atoms with Crippen LogP contribution in [0.5, 0.6) is 0 Å². The van der Waals surface area contributed by atoms with Crippen LogP contribution in [0.1, 0.15) is 34.1 Å². The molecule has 0 aliphatic rings. The third-order valence-electron chi connectivity index (χ3n) is 1.85. The number of halogens is 1. The average molecular weight is 297 g/mol. The van der Waals surface area contributed by atoms with E-state index in [-0.39, 0.29) is 11.3 Å². The predicted octanol–water partition coefficient (Wildman–Crippen LogP) is -4.46. The summed E-state index contributed by atoms with van der Waals surface area (Å²) in [6.07, 6.45) is 2.17. The van der Waals surface area contributed by atoms with Crippen molar-refractivity contribution in [2.45, 2.75) is 46.2 Å². The van der Waals surface area contributed by atoms with Gasteiger partial charge < -0.3 is 0 Å². The Labute approximate surface area is 112 Å². The van der Waals surface area contributed by atoms with Crippen LogP contribution in [-0.4, -0.2) is 20.9 Å². The molecule has 0 radical (unpaired) electrons. The fraction of sp³-hybridized carbons (Fsp3) is 0.778. The summed E-state index contributed by atoms with van der Waals surface area (Å²) in [5.41, 5.74) is -0.0610. The Morgan fingerprint density at radius 2 is 1.79 bits per heavy atom. The van der Waals surface area contributed by atoms with E-state index in [9.17, 15) is 4.79 Å². The first-order valence-electron chi connectivity index (χ1n) is 5.33. The highest BCUT2D eigenvalue weighted by molar-refractivity contribution is 5.75. The first-order valence-corrected chi connectivity index (χ1v) is 6.57. The van der Waals surface area contributed by atoms with Crippen molar-refractivity contribution >= 4 is 5.78 Å². The molecule has 0 spiro atoms. The highest BCUT2D eigenvalue weighted by atomic mass is 35.7. The average Bonchev–Trinajstić information content (AvgIpc) is 2.59. The van der Waals surface area contributed by atoms with E-state index < -0.39 is 10.2 Å². The number of carbonyl (C=O) groups excluding carboxylic acids is 1. The Morgan fingerprint density at radius 3 is 2.11 bits per heavy atom. The lowest BCUT2D eigenvalue weighted by molar-refractivity contribution is -2.00. The van der Waals surface area contributed by atoms with Gasteiger partial charge in [0, 0.05) is 6.42 Å². The van der Waals surface area contributed by atoms with Crippen LogP contribution >= 0.6 is 0 Å². The van der Waals surface area contributed by atoms with E-state index in [4.69, 9.17) is 18.6 Å². The monoisotopic (exact) mass is 296 g/mol. The van der Waals surface area contributed by atoms with Gasteiger partial charge in [-0.15, -0.1) is 14.9 Å². The molecule has 0 aliphatic carbocycles. The summed E-state index contributed by atoms with van der Waals surface area (Å²) < 4.78 is 35.8. The Balaban J connectivity index is 0.000000555. The number of tetrazole rings is 1. The van der Waals surface area contributed by atoms with Gasteiger partial charge in [-0.25, -0.2) is 18.6 Å². The maximum atomic E-state index is 10.7. The normalized spacial score (nSPS) is 11.8. The first kappa shape index (κ1) is 17.9. The minimum atomic E-state index is -4.94. The van der Waals surface area contributed by atoms with Gasteiger partial charge >= 0.3 is 0 Å². The van der Waals surface area contributed by atoms with Gasteiger partial charge in [0.1, 0.15) is 17.9 Å². The fourth-order valence-electron chi connectivity index (χ4n) is 0.933. The molecule has 1 heterocycles. The summed E-state index contributed by atoms with van der Waals surface area (Å²) >= 11 is 0. The quantitative estimate of drug-likeness (QED) is 0.511. The van der Waals surface area contributed by atoms with Gasteiger partial charge in [-0.3, -0.25) is 4.79 Å². The van der Waals surface area contributed by atoms with Gasteiger partial charge in [-0.2, -0.15) is 0 Å². The molecule has 1 aromatic heterocycles. The molecule has 0 amide bonds. The van der Waals surface area contributed by atoms with Crippen molar-refractivity contribution < 1.29 is 38.4 Å². The Hall–Kier alpha value is -1.13. The SMILES string of the molecule is CC(=O)CCn1nc[n+](C(C)(C)C)n1.[O-][Cl+3]([O-])([O-])[O-]. The maximum Gasteiger partial charge on any atom is 0.286 e. The van der Waals surface area contributed by atoms with E-state index in [1.807, 2.05) is 0 Å². The molecule has 0 atom stereocenters. The summed E-state index contributed by atoms with van der Waals surface area (Å²) in [5.74, 6) is 0.157. The topological polar surface area (TPSA) is 144 Å². The van der Waals surface area contributed by atoms with E-state index in [0.29, 0.717) is 13.0 Å². The first-order chi connectivity index (χ1) is 8.39. The second-order valence-corrected chi connectivity index (χ2v) is 5.52. The number of hydrogen-bond acceptors (Lipinski definition) is 7. The molecule has 1 aromatic rings. The number of nitrogens with zero attached hydrogens (tertiary/aromatic N) is 4. The predicted molar refractivity (Wildman–Crippen MR) is 50.5 cm³/mol. The summed E-state index contributed by atoms with van der Waals surface area (Å²) in [7, 11) is -4.94. The maximum absolute atomic E-state index is 10.7. The van der Waals surface area contributed by atoms with Gasteiger partial charge in [0.2, 0.25) is 0 Å². The van der Waals surface area contributed by atoms with Crippen molar-refractivity contribution in [3.63, 3.8) is 0 Å². The lowest BCUT2D eigenvalue weighted by Gasteiger charge is -2.17. The van der Waals surface area contributed by atoms with Gasteiger partial charge in [0.15, 0.2) is 0 Å². The van der Waals surface area contributed by atoms with Crippen LogP contribution in [0.25, 0.3) is 0 Å². The van der Waals surface area contributed by atoms with Crippen molar-refractivity contribution in [1.29, 1.82) is 0 Å². The molecule has 0 saturated heterocycles. The molecule has 0 saturated carbocycles. The molecule has 0 aromatic carbocycles. The van der Waals surface area contributed by atoms with Gasteiger partial charge in [-0.05, 0) is 32.5 Å². The Kier molecular flexibility index (Phi) is 6.46. The van der Waals surface area contributed by atoms with E-state index in [1.54, 1.807) is 22.7 Å². The Morgan fingerprint density at radius 1 is 1.32 bits per heavy atom. The van der Waals surface area contributed by atoms with Crippen molar-refractivity contribution in [3.05, 3.63) is 6.33 Å². The van der Waals surface area contributed by atoms with Crippen LogP contribution in [0.4, 0.5) is 0 Å². The van der Waals surface area contributed by atoms with E-state index in [1.165, 1.54) is 0 Å². The van der Waals surface area contributed by atoms with Crippen LogP contribution in [0.15, 0.2) is 6.33 Å². The van der Waals surface area contributed by atoms with Crippen LogP contribution < -0.4 is 23.3 Å². The zero-order valence-corrected chi connectivity index (χ0v) is 12.0. The lowest BCUT2D eigenvalue weighted by Crippen LogP contribution is -2.68. The molecular weight excluding hydrogens is 280 g/mol. The zero-order chi connectivity index (χ0) is 15.3. The van der Waals surface area contributed by atoms with E-state index >= 15 is 0 Å². The molecule has 0 aliphatic heterocycles. The lowest BCUT2D eigenvalue weighted by atomic mass is 10.1. The Bertz CT molecular complexity index is 403. The standard InChI is InChI=1S/C9H17N4O.ClHO4/c1-8(14)5-6-13-10-7-12(11-13)9(2,3)4;2-1(3,4)5/h7H,5-6H2,1-4H3;(H,2,3,4,5)/q+1;/p-1. The number of Topliss-reactive ketones (excluding diaryl/α,β-unsaturated/α-hetero) is 1. The van der Waals surface area contributed by atoms with E-state index in [0.717, 1.165) is 0 Å². The molecule has 0 unspecified atom stereocenters. The highest BCUT2D eigenvalue weighted by Gasteiger charge is 2.21. The second kappa shape index (κ2) is 6.87. The molecule has 0 N–H and O–H groups in total. The van der Waals surface area contributed by atoms with Crippen LogP contribution in [-0.2, 0) is 16.9 Å². The molecule has 0 bridgehead atoms. The number of ketones is 1. The summed E-state index contributed by atoms with van der Waals surface area (Å²) in [6.45, 7) is 8.28. The number of aryl methyl sites for hydroxylation is 1. The van der Waals surface area contributed by atoms with Crippen molar-refractivity contribution in [2.24, 2.45) is 0 Å². The number of carbonyl (C=O) groups is 1. The fourth-order valence-corrected chi connectivity index (χ4v) is 0.933.